The third-order valence-corrected chi connectivity index (χ3v) is 2.75. The minimum Gasteiger partial charge on any atom is -0.386 e. The molecule has 0 saturated heterocycles. The van der Waals surface area contributed by atoms with Crippen molar-refractivity contribution in [2.24, 2.45) is 0 Å². The predicted molar refractivity (Wildman–Crippen MR) is 66.2 cm³/mol. The molecule has 0 amide bonds. The molecule has 0 aliphatic heterocycles. The second kappa shape index (κ2) is 5.92. The molecule has 1 atom stereocenters. The van der Waals surface area contributed by atoms with Crippen LogP contribution >= 0.6 is 0 Å². The molecule has 2 aromatic carbocycles. The van der Waals surface area contributed by atoms with Gasteiger partial charge in [-0.05, 0) is 30.3 Å². The Morgan fingerprint density at radius 1 is 1.00 bits per heavy atom. The van der Waals surface area contributed by atoms with Gasteiger partial charge in [-0.15, -0.1) is 0 Å². The highest BCUT2D eigenvalue weighted by Crippen LogP contribution is 2.21. The van der Waals surface area contributed by atoms with Crippen LogP contribution in [-0.2, 0) is 0 Å². The molecule has 0 saturated carbocycles. The maximum atomic E-state index is 13.4. The summed E-state index contributed by atoms with van der Waals surface area (Å²) >= 11 is 0. The molecular weight excluding hydrogens is 274 g/mol. The van der Waals surface area contributed by atoms with Gasteiger partial charge in [-0.25, -0.2) is 17.6 Å². The average molecular weight is 285 g/mol. The number of hydrogen-bond acceptors (Lipinski definition) is 2. The summed E-state index contributed by atoms with van der Waals surface area (Å²) in [6, 6.07) is 6.16. The lowest BCUT2D eigenvalue weighted by Gasteiger charge is -2.14. The number of nitrogens with one attached hydrogen (secondary N) is 1. The molecule has 2 rings (SSSR count). The van der Waals surface area contributed by atoms with Crippen molar-refractivity contribution in [3.05, 3.63) is 65.2 Å². The molecule has 6 heteroatoms. The molecule has 0 spiro atoms. The highest BCUT2D eigenvalue weighted by atomic mass is 19.2. The summed E-state index contributed by atoms with van der Waals surface area (Å²) in [5.41, 5.74) is -0.421. The van der Waals surface area contributed by atoms with Crippen molar-refractivity contribution < 1.29 is 22.7 Å². The standard InChI is InChI=1S/C14H11F4NO/c15-8-4-5-10(16)9(6-8)13(20)7-19-12-3-1-2-11(17)14(12)18/h1-6,13,19-20H,7H2. The molecule has 0 heterocycles. The Hall–Kier alpha value is -2.08. The summed E-state index contributed by atoms with van der Waals surface area (Å²) in [6.45, 7) is -0.291. The first kappa shape index (κ1) is 14.3. The van der Waals surface area contributed by atoms with E-state index < -0.39 is 29.4 Å². The van der Waals surface area contributed by atoms with Crippen molar-refractivity contribution in [2.75, 3.05) is 11.9 Å². The first-order valence-electron chi connectivity index (χ1n) is 5.80. The zero-order valence-electron chi connectivity index (χ0n) is 10.2. The van der Waals surface area contributed by atoms with Crippen molar-refractivity contribution in [2.45, 2.75) is 6.10 Å². The van der Waals surface area contributed by atoms with E-state index in [-0.39, 0.29) is 17.8 Å². The third-order valence-electron chi connectivity index (χ3n) is 2.75. The highest BCUT2D eigenvalue weighted by Gasteiger charge is 2.15. The van der Waals surface area contributed by atoms with E-state index in [0.29, 0.717) is 0 Å². The minimum atomic E-state index is -1.40. The smallest absolute Gasteiger partial charge is 0.181 e. The van der Waals surface area contributed by atoms with Crippen LogP contribution in [0.25, 0.3) is 0 Å². The van der Waals surface area contributed by atoms with Crippen molar-refractivity contribution in [1.82, 2.24) is 0 Å². The van der Waals surface area contributed by atoms with E-state index in [0.717, 1.165) is 24.3 Å². The molecule has 2 nitrogen and oxygen atoms in total. The largest absolute Gasteiger partial charge is 0.386 e. The van der Waals surface area contributed by atoms with Crippen molar-refractivity contribution in [3.8, 4) is 0 Å². The lowest BCUT2D eigenvalue weighted by molar-refractivity contribution is 0.186. The van der Waals surface area contributed by atoms with E-state index in [1.165, 1.54) is 12.1 Å². The van der Waals surface area contributed by atoms with Crippen LogP contribution in [-0.4, -0.2) is 11.7 Å². The van der Waals surface area contributed by atoms with Crippen molar-refractivity contribution >= 4 is 5.69 Å². The molecule has 2 aromatic rings. The first-order valence-corrected chi connectivity index (χ1v) is 5.80. The lowest BCUT2D eigenvalue weighted by Crippen LogP contribution is -2.14. The van der Waals surface area contributed by atoms with Gasteiger partial charge in [0.25, 0.3) is 0 Å². The molecule has 0 bridgehead atoms. The van der Waals surface area contributed by atoms with Gasteiger partial charge >= 0.3 is 0 Å². The topological polar surface area (TPSA) is 32.3 Å². The number of anilines is 1. The molecule has 0 aromatic heterocycles. The number of rotatable bonds is 4. The number of halogens is 4. The Kier molecular flexibility index (Phi) is 4.24. The average Bonchev–Trinajstić information content (AvgIpc) is 2.43. The summed E-state index contributed by atoms with van der Waals surface area (Å²) < 4.78 is 52.7. The number of aliphatic hydroxyl groups is 1. The molecule has 1 unspecified atom stereocenters. The van der Waals surface area contributed by atoms with E-state index in [1.807, 2.05) is 0 Å². The van der Waals surface area contributed by atoms with E-state index in [4.69, 9.17) is 0 Å². The van der Waals surface area contributed by atoms with Crippen LogP contribution in [0.15, 0.2) is 36.4 Å². The Morgan fingerprint density at radius 3 is 2.50 bits per heavy atom. The zero-order valence-corrected chi connectivity index (χ0v) is 10.2. The molecule has 0 fully saturated rings. The second-order valence-corrected chi connectivity index (χ2v) is 4.16. The Balaban J connectivity index is 2.10. The van der Waals surface area contributed by atoms with E-state index >= 15 is 0 Å². The summed E-state index contributed by atoms with van der Waals surface area (Å²) in [5.74, 6) is -3.61. The van der Waals surface area contributed by atoms with E-state index in [9.17, 15) is 22.7 Å². The van der Waals surface area contributed by atoms with E-state index in [1.54, 1.807) is 0 Å². The van der Waals surface area contributed by atoms with Crippen LogP contribution in [0.4, 0.5) is 23.2 Å². The van der Waals surface area contributed by atoms with Crippen molar-refractivity contribution in [1.29, 1.82) is 0 Å². The van der Waals surface area contributed by atoms with Gasteiger partial charge in [-0.2, -0.15) is 0 Å². The summed E-state index contributed by atoms with van der Waals surface area (Å²) in [5, 5.41) is 12.2. The number of hydrogen-bond donors (Lipinski definition) is 2. The third kappa shape index (κ3) is 3.08. The molecule has 2 N–H and O–H groups in total. The normalized spacial score (nSPS) is 12.2. The van der Waals surface area contributed by atoms with Crippen LogP contribution in [0, 0.1) is 23.3 Å². The van der Waals surface area contributed by atoms with Crippen LogP contribution in [0.5, 0.6) is 0 Å². The Labute approximate surface area is 112 Å². The SMILES string of the molecule is OC(CNc1cccc(F)c1F)c1cc(F)ccc1F. The van der Waals surface area contributed by atoms with E-state index in [2.05, 4.69) is 5.32 Å². The fourth-order valence-corrected chi connectivity index (χ4v) is 1.73. The van der Waals surface area contributed by atoms with Crippen LogP contribution in [0.1, 0.15) is 11.7 Å². The summed E-state index contributed by atoms with van der Waals surface area (Å²) in [7, 11) is 0. The fraction of sp³-hybridized carbons (Fsp3) is 0.143. The van der Waals surface area contributed by atoms with Crippen LogP contribution in [0.2, 0.25) is 0 Å². The van der Waals surface area contributed by atoms with Gasteiger partial charge in [0.15, 0.2) is 11.6 Å². The molecule has 0 aliphatic rings. The van der Waals surface area contributed by atoms with Gasteiger partial charge < -0.3 is 10.4 Å². The predicted octanol–water partition coefficient (Wildman–Crippen LogP) is 3.39. The molecule has 0 aliphatic carbocycles. The number of aliphatic hydroxyl groups excluding tert-OH is 1. The second-order valence-electron chi connectivity index (χ2n) is 4.16. The van der Waals surface area contributed by atoms with Crippen LogP contribution < -0.4 is 5.32 Å². The highest BCUT2D eigenvalue weighted by molar-refractivity contribution is 5.45. The minimum absolute atomic E-state index is 0.166. The van der Waals surface area contributed by atoms with Gasteiger partial charge in [0.2, 0.25) is 0 Å². The quantitative estimate of drug-likeness (QED) is 0.844. The maximum Gasteiger partial charge on any atom is 0.181 e. The Bertz CT molecular complexity index is 618. The molecule has 106 valence electrons. The Morgan fingerprint density at radius 2 is 1.75 bits per heavy atom. The monoisotopic (exact) mass is 285 g/mol. The summed E-state index contributed by atoms with van der Waals surface area (Å²) in [4.78, 5) is 0. The van der Waals surface area contributed by atoms with Gasteiger partial charge in [-0.3, -0.25) is 0 Å². The first-order chi connectivity index (χ1) is 9.49. The fourth-order valence-electron chi connectivity index (χ4n) is 1.73. The summed E-state index contributed by atoms with van der Waals surface area (Å²) in [6.07, 6.45) is -1.40. The molecule has 20 heavy (non-hydrogen) atoms. The van der Waals surface area contributed by atoms with Gasteiger partial charge in [0.1, 0.15) is 11.6 Å². The zero-order chi connectivity index (χ0) is 14.7. The maximum absolute atomic E-state index is 13.4. The van der Waals surface area contributed by atoms with Crippen LogP contribution in [0.3, 0.4) is 0 Å². The number of benzene rings is 2. The van der Waals surface area contributed by atoms with Gasteiger partial charge in [0.05, 0.1) is 11.8 Å². The molecular formula is C14H11F4NO. The van der Waals surface area contributed by atoms with Crippen molar-refractivity contribution in [3.63, 3.8) is 0 Å². The lowest BCUT2D eigenvalue weighted by atomic mass is 10.1. The van der Waals surface area contributed by atoms with Gasteiger partial charge in [-0.1, -0.05) is 6.07 Å². The van der Waals surface area contributed by atoms with Gasteiger partial charge in [0, 0.05) is 12.1 Å². The molecule has 0 radical (unpaired) electrons.